The van der Waals surface area contributed by atoms with E-state index >= 15 is 0 Å². The molecule has 0 saturated heterocycles. The predicted octanol–water partition coefficient (Wildman–Crippen LogP) is 2.14. The smallest absolute Gasteiger partial charge is 0.0811 e. The molecule has 1 aliphatic rings. The van der Waals surface area contributed by atoms with Gasteiger partial charge in [-0.3, -0.25) is 4.21 Å². The lowest BCUT2D eigenvalue weighted by molar-refractivity contribution is 0.655. The lowest BCUT2D eigenvalue weighted by Crippen LogP contribution is -2.21. The van der Waals surface area contributed by atoms with Gasteiger partial charge in [0.2, 0.25) is 0 Å². The van der Waals surface area contributed by atoms with E-state index < -0.39 is 10.8 Å². The number of rotatable bonds is 1. The molecule has 0 aliphatic heterocycles. The van der Waals surface area contributed by atoms with Crippen LogP contribution in [0.1, 0.15) is 20.8 Å². The highest BCUT2D eigenvalue weighted by atomic mass is 32.2. The molecule has 1 rings (SSSR count). The van der Waals surface area contributed by atoms with Crippen LogP contribution in [0.3, 0.4) is 0 Å². The molecular formula is C9H12OS. The van der Waals surface area contributed by atoms with Crippen LogP contribution in [0.5, 0.6) is 0 Å². The molecule has 0 aromatic carbocycles. The van der Waals surface area contributed by atoms with Crippen LogP contribution in [0, 0.1) is 0 Å². The summed E-state index contributed by atoms with van der Waals surface area (Å²) in [4.78, 5) is 0.803. The van der Waals surface area contributed by atoms with Crippen molar-refractivity contribution in [3.05, 3.63) is 28.9 Å². The third kappa shape index (κ3) is 1.92. The van der Waals surface area contributed by atoms with Gasteiger partial charge in [-0.05, 0) is 32.9 Å². The quantitative estimate of drug-likeness (QED) is 0.548. The molecule has 0 fully saturated rings. The highest BCUT2D eigenvalue weighted by molar-refractivity contribution is 7.90. The average Bonchev–Trinajstić information content (AvgIpc) is 2.34. The van der Waals surface area contributed by atoms with Gasteiger partial charge >= 0.3 is 0 Å². The predicted molar refractivity (Wildman–Crippen MR) is 48.6 cm³/mol. The molecule has 0 N–H and O–H groups in total. The summed E-state index contributed by atoms with van der Waals surface area (Å²) in [6, 6.07) is 0. The summed E-state index contributed by atoms with van der Waals surface area (Å²) in [7, 11) is -0.925. The lowest BCUT2D eigenvalue weighted by Gasteiger charge is -2.16. The fraction of sp³-hybridized carbons (Fsp3) is 0.444. The Hall–Kier alpha value is -0.590. The van der Waals surface area contributed by atoms with Gasteiger partial charge < -0.3 is 0 Å². The zero-order valence-electron chi connectivity index (χ0n) is 7.05. The molecule has 0 bridgehead atoms. The number of hydrogen-bond donors (Lipinski definition) is 0. The van der Waals surface area contributed by atoms with E-state index in [1.807, 2.05) is 32.9 Å². The lowest BCUT2D eigenvalue weighted by atomic mass is 10.3. The monoisotopic (exact) mass is 168 g/mol. The SMILES string of the molecule is CC(C)(C)S(=O)C1=C=CC=C1. The van der Waals surface area contributed by atoms with Crippen molar-refractivity contribution < 1.29 is 4.21 Å². The zero-order valence-corrected chi connectivity index (χ0v) is 7.87. The Kier molecular flexibility index (Phi) is 2.17. The standard InChI is InChI=1S/C9H12OS/c1-9(2,3)11(10)8-6-4-5-7-8/h4-6H,1-3H3. The fourth-order valence-electron chi connectivity index (χ4n) is 0.759. The second-order valence-electron chi connectivity index (χ2n) is 3.42. The van der Waals surface area contributed by atoms with Crippen molar-refractivity contribution in [2.45, 2.75) is 25.5 Å². The first-order valence-electron chi connectivity index (χ1n) is 3.57. The molecular weight excluding hydrogens is 156 g/mol. The first-order chi connectivity index (χ1) is 5.02. The normalized spacial score (nSPS) is 18.6. The Labute approximate surface area is 70.0 Å². The van der Waals surface area contributed by atoms with E-state index in [1.54, 1.807) is 6.08 Å². The largest absolute Gasteiger partial charge is 0.253 e. The summed E-state index contributed by atoms with van der Waals surface area (Å²) in [6.07, 6.45) is 5.50. The van der Waals surface area contributed by atoms with Crippen molar-refractivity contribution in [2.75, 3.05) is 0 Å². The maximum atomic E-state index is 11.6. The zero-order chi connectivity index (χ0) is 8.48. The first kappa shape index (κ1) is 8.51. The van der Waals surface area contributed by atoms with Gasteiger partial charge in [-0.15, -0.1) is 5.73 Å². The van der Waals surface area contributed by atoms with E-state index in [4.69, 9.17) is 0 Å². The van der Waals surface area contributed by atoms with E-state index in [0.29, 0.717) is 0 Å². The van der Waals surface area contributed by atoms with Crippen molar-refractivity contribution in [3.8, 4) is 0 Å². The summed E-state index contributed by atoms with van der Waals surface area (Å²) in [5.74, 6) is 0. The molecule has 1 nitrogen and oxygen atoms in total. The Morgan fingerprint density at radius 1 is 1.45 bits per heavy atom. The summed E-state index contributed by atoms with van der Waals surface area (Å²) in [5.41, 5.74) is 2.94. The van der Waals surface area contributed by atoms with Gasteiger partial charge in [0.25, 0.3) is 0 Å². The molecule has 11 heavy (non-hydrogen) atoms. The minimum Gasteiger partial charge on any atom is -0.253 e. The minimum atomic E-state index is -0.925. The van der Waals surface area contributed by atoms with Crippen LogP contribution in [0.25, 0.3) is 0 Å². The maximum Gasteiger partial charge on any atom is 0.0811 e. The van der Waals surface area contributed by atoms with Gasteiger partial charge in [0.15, 0.2) is 0 Å². The Balaban J connectivity index is 2.87. The molecule has 0 aromatic rings. The van der Waals surface area contributed by atoms with Crippen molar-refractivity contribution in [3.63, 3.8) is 0 Å². The van der Waals surface area contributed by atoms with Gasteiger partial charge in [0.05, 0.1) is 15.7 Å². The molecule has 1 aliphatic carbocycles. The second kappa shape index (κ2) is 2.80. The van der Waals surface area contributed by atoms with Crippen LogP contribution >= 0.6 is 0 Å². The third-order valence-corrected chi connectivity index (χ3v) is 3.09. The van der Waals surface area contributed by atoms with E-state index in [2.05, 4.69) is 5.73 Å². The minimum absolute atomic E-state index is 0.176. The molecule has 0 amide bonds. The molecule has 1 unspecified atom stereocenters. The molecule has 60 valence electrons. The molecule has 0 radical (unpaired) electrons. The Morgan fingerprint density at radius 3 is 2.45 bits per heavy atom. The van der Waals surface area contributed by atoms with Gasteiger partial charge in [0, 0.05) is 4.75 Å². The van der Waals surface area contributed by atoms with Gasteiger partial charge in [-0.25, -0.2) is 0 Å². The van der Waals surface area contributed by atoms with Crippen LogP contribution in [0.15, 0.2) is 28.9 Å². The first-order valence-corrected chi connectivity index (χ1v) is 4.72. The van der Waals surface area contributed by atoms with Crippen LogP contribution in [-0.2, 0) is 10.8 Å². The second-order valence-corrected chi connectivity index (χ2v) is 5.62. The average molecular weight is 168 g/mol. The van der Waals surface area contributed by atoms with Crippen molar-refractivity contribution in [2.24, 2.45) is 0 Å². The Morgan fingerprint density at radius 2 is 2.09 bits per heavy atom. The summed E-state index contributed by atoms with van der Waals surface area (Å²) < 4.78 is 11.4. The van der Waals surface area contributed by atoms with Gasteiger partial charge in [0.1, 0.15) is 0 Å². The molecule has 0 saturated carbocycles. The highest BCUT2D eigenvalue weighted by Gasteiger charge is 2.22. The molecule has 2 heteroatoms. The van der Waals surface area contributed by atoms with E-state index in [9.17, 15) is 4.21 Å². The topological polar surface area (TPSA) is 17.1 Å². The molecule has 0 aromatic heterocycles. The van der Waals surface area contributed by atoms with Crippen molar-refractivity contribution in [1.82, 2.24) is 0 Å². The number of allylic oxidation sites excluding steroid dienone is 2. The summed E-state index contributed by atoms with van der Waals surface area (Å²) >= 11 is 0. The van der Waals surface area contributed by atoms with Crippen LogP contribution in [-0.4, -0.2) is 8.96 Å². The third-order valence-electron chi connectivity index (χ3n) is 1.33. The summed E-state index contributed by atoms with van der Waals surface area (Å²) in [6.45, 7) is 5.89. The molecule has 0 spiro atoms. The number of hydrogen-bond acceptors (Lipinski definition) is 1. The van der Waals surface area contributed by atoms with E-state index in [0.717, 1.165) is 4.91 Å². The van der Waals surface area contributed by atoms with Crippen LogP contribution < -0.4 is 0 Å². The van der Waals surface area contributed by atoms with E-state index in [-0.39, 0.29) is 4.75 Å². The van der Waals surface area contributed by atoms with Crippen LogP contribution in [0.4, 0.5) is 0 Å². The maximum absolute atomic E-state index is 11.6. The van der Waals surface area contributed by atoms with Crippen molar-refractivity contribution in [1.29, 1.82) is 0 Å². The fourth-order valence-corrected chi connectivity index (χ4v) is 1.80. The molecule has 0 heterocycles. The van der Waals surface area contributed by atoms with Crippen molar-refractivity contribution >= 4 is 10.8 Å². The van der Waals surface area contributed by atoms with Gasteiger partial charge in [-0.2, -0.15) is 0 Å². The summed E-state index contributed by atoms with van der Waals surface area (Å²) in [5, 5.41) is 0. The molecule has 1 atom stereocenters. The Bertz CT molecular complexity index is 272. The van der Waals surface area contributed by atoms with Gasteiger partial charge in [-0.1, -0.05) is 6.08 Å². The van der Waals surface area contributed by atoms with E-state index in [1.165, 1.54) is 0 Å². The highest BCUT2D eigenvalue weighted by Crippen LogP contribution is 2.20. The van der Waals surface area contributed by atoms with Crippen LogP contribution in [0.2, 0.25) is 0 Å².